The maximum atomic E-state index is 12.2. The van der Waals surface area contributed by atoms with Crippen molar-refractivity contribution < 1.29 is 19.0 Å². The molecule has 1 amide bonds. The Morgan fingerprint density at radius 1 is 1.00 bits per heavy atom. The molecule has 1 heterocycles. The number of carbonyl (C=O) groups is 1. The second kappa shape index (κ2) is 10.5. The van der Waals surface area contributed by atoms with Crippen LogP contribution in [-0.4, -0.2) is 56.9 Å². The Morgan fingerprint density at radius 3 is 2.73 bits per heavy atom. The molecule has 1 saturated heterocycles. The van der Waals surface area contributed by atoms with Gasteiger partial charge in [-0.3, -0.25) is 9.69 Å². The van der Waals surface area contributed by atoms with Crippen LogP contribution in [0.25, 0.3) is 0 Å². The fraction of sp³-hybridized carbons (Fsp3) is 0.458. The van der Waals surface area contributed by atoms with Crippen molar-refractivity contribution in [3.63, 3.8) is 0 Å². The molecule has 0 unspecified atom stereocenters. The lowest BCUT2D eigenvalue weighted by molar-refractivity contribution is -0.123. The van der Waals surface area contributed by atoms with Crippen molar-refractivity contribution in [1.29, 1.82) is 0 Å². The van der Waals surface area contributed by atoms with Crippen molar-refractivity contribution in [1.82, 2.24) is 10.2 Å². The second-order valence-corrected chi connectivity index (χ2v) is 7.80. The maximum Gasteiger partial charge on any atom is 0.258 e. The number of amides is 1. The highest BCUT2D eigenvalue weighted by Gasteiger charge is 2.12. The van der Waals surface area contributed by atoms with Crippen LogP contribution in [0.5, 0.6) is 11.5 Å². The molecule has 0 bridgehead atoms. The molecule has 6 heteroatoms. The van der Waals surface area contributed by atoms with E-state index >= 15 is 0 Å². The number of hydrogen-bond acceptors (Lipinski definition) is 5. The summed E-state index contributed by atoms with van der Waals surface area (Å²) in [7, 11) is 0. The van der Waals surface area contributed by atoms with E-state index < -0.39 is 0 Å². The van der Waals surface area contributed by atoms with E-state index in [9.17, 15) is 4.79 Å². The summed E-state index contributed by atoms with van der Waals surface area (Å²) >= 11 is 0. The van der Waals surface area contributed by atoms with Gasteiger partial charge < -0.3 is 19.5 Å². The first-order valence-corrected chi connectivity index (χ1v) is 10.8. The number of ether oxygens (including phenoxy) is 3. The standard InChI is InChI=1S/C24H30N2O4/c27-24(18-30-23-8-7-20-4-2-5-21(20)16-23)25-17-19-3-1-6-22(15-19)29-14-11-26-9-12-28-13-10-26/h1,3,6-8,15-16H,2,4-5,9-14,17-18H2,(H,25,27). The van der Waals surface area contributed by atoms with Crippen LogP contribution in [0.15, 0.2) is 42.5 Å². The topological polar surface area (TPSA) is 60.0 Å². The molecule has 30 heavy (non-hydrogen) atoms. The van der Waals surface area contributed by atoms with Crippen LogP contribution in [-0.2, 0) is 28.9 Å². The summed E-state index contributed by atoms with van der Waals surface area (Å²) in [6.07, 6.45) is 3.45. The Kier molecular flexibility index (Phi) is 7.21. The molecule has 0 radical (unpaired) electrons. The lowest BCUT2D eigenvalue weighted by Crippen LogP contribution is -2.38. The van der Waals surface area contributed by atoms with Gasteiger partial charge in [0, 0.05) is 26.2 Å². The third kappa shape index (κ3) is 5.97. The fourth-order valence-electron chi connectivity index (χ4n) is 3.90. The van der Waals surface area contributed by atoms with Crippen molar-refractivity contribution in [2.24, 2.45) is 0 Å². The van der Waals surface area contributed by atoms with Crippen molar-refractivity contribution in [2.75, 3.05) is 46.1 Å². The van der Waals surface area contributed by atoms with Gasteiger partial charge in [-0.15, -0.1) is 0 Å². The van der Waals surface area contributed by atoms with E-state index in [-0.39, 0.29) is 12.5 Å². The van der Waals surface area contributed by atoms with Gasteiger partial charge >= 0.3 is 0 Å². The van der Waals surface area contributed by atoms with Crippen LogP contribution >= 0.6 is 0 Å². The smallest absolute Gasteiger partial charge is 0.258 e. The van der Waals surface area contributed by atoms with E-state index in [1.807, 2.05) is 30.3 Å². The number of nitrogens with zero attached hydrogens (tertiary/aromatic N) is 1. The Bertz CT molecular complexity index is 849. The highest BCUT2D eigenvalue weighted by molar-refractivity contribution is 5.77. The Balaban J connectivity index is 1.17. The Labute approximate surface area is 178 Å². The van der Waals surface area contributed by atoms with Crippen LogP contribution in [0.2, 0.25) is 0 Å². The Hall–Kier alpha value is -2.57. The zero-order valence-electron chi connectivity index (χ0n) is 17.4. The third-order valence-corrected chi connectivity index (χ3v) is 5.61. The summed E-state index contributed by atoms with van der Waals surface area (Å²) in [5.41, 5.74) is 3.75. The number of benzene rings is 2. The molecule has 1 aliphatic carbocycles. The number of hydrogen-bond donors (Lipinski definition) is 1. The average molecular weight is 411 g/mol. The number of carbonyl (C=O) groups excluding carboxylic acids is 1. The second-order valence-electron chi connectivity index (χ2n) is 7.80. The van der Waals surface area contributed by atoms with E-state index in [2.05, 4.69) is 22.3 Å². The molecule has 0 aromatic heterocycles. The molecular weight excluding hydrogens is 380 g/mol. The first kappa shape index (κ1) is 20.7. The summed E-state index contributed by atoms with van der Waals surface area (Å²) in [6.45, 7) is 5.53. The van der Waals surface area contributed by atoms with Gasteiger partial charge in [0.05, 0.1) is 13.2 Å². The highest BCUT2D eigenvalue weighted by atomic mass is 16.5. The van der Waals surface area contributed by atoms with Gasteiger partial charge in [0.15, 0.2) is 6.61 Å². The summed E-state index contributed by atoms with van der Waals surface area (Å²) in [5, 5.41) is 2.91. The first-order chi connectivity index (χ1) is 14.8. The van der Waals surface area contributed by atoms with Gasteiger partial charge in [0.25, 0.3) is 5.91 Å². The third-order valence-electron chi connectivity index (χ3n) is 5.61. The molecule has 1 aliphatic heterocycles. The minimum absolute atomic E-state index is 0.0223. The molecule has 2 aliphatic rings. The van der Waals surface area contributed by atoms with Crippen molar-refractivity contribution in [3.8, 4) is 11.5 Å². The van der Waals surface area contributed by atoms with Crippen molar-refractivity contribution in [3.05, 3.63) is 59.2 Å². The lowest BCUT2D eigenvalue weighted by Gasteiger charge is -2.26. The normalized spacial score (nSPS) is 16.1. The molecule has 4 rings (SSSR count). The Morgan fingerprint density at radius 2 is 1.83 bits per heavy atom. The van der Waals surface area contributed by atoms with Crippen LogP contribution in [0.4, 0.5) is 0 Å². The van der Waals surface area contributed by atoms with Gasteiger partial charge in [0.1, 0.15) is 18.1 Å². The van der Waals surface area contributed by atoms with Crippen molar-refractivity contribution >= 4 is 5.91 Å². The van der Waals surface area contributed by atoms with Gasteiger partial charge in [-0.25, -0.2) is 0 Å². The molecule has 6 nitrogen and oxygen atoms in total. The minimum Gasteiger partial charge on any atom is -0.492 e. The van der Waals surface area contributed by atoms with E-state index in [1.54, 1.807) is 0 Å². The molecular formula is C24H30N2O4. The quantitative estimate of drug-likeness (QED) is 0.689. The zero-order chi connectivity index (χ0) is 20.6. The SMILES string of the molecule is O=C(COc1ccc2c(c1)CCC2)NCc1cccc(OCCN2CCOCC2)c1. The monoisotopic (exact) mass is 410 g/mol. The minimum atomic E-state index is -0.130. The van der Waals surface area contributed by atoms with Crippen LogP contribution in [0.3, 0.4) is 0 Å². The predicted octanol–water partition coefficient (Wildman–Crippen LogP) is 2.58. The number of fused-ring (bicyclic) bond motifs is 1. The zero-order valence-corrected chi connectivity index (χ0v) is 17.4. The molecule has 0 saturated carbocycles. The van der Waals surface area contributed by atoms with E-state index in [0.717, 1.165) is 62.8 Å². The van der Waals surface area contributed by atoms with Crippen LogP contribution in [0.1, 0.15) is 23.1 Å². The summed E-state index contributed by atoms with van der Waals surface area (Å²) in [6, 6.07) is 14.0. The van der Waals surface area contributed by atoms with E-state index in [0.29, 0.717) is 13.2 Å². The average Bonchev–Trinajstić information content (AvgIpc) is 3.25. The molecule has 0 spiro atoms. The summed E-state index contributed by atoms with van der Waals surface area (Å²) in [4.78, 5) is 14.5. The van der Waals surface area contributed by atoms with Gasteiger partial charge in [-0.2, -0.15) is 0 Å². The molecule has 1 fully saturated rings. The number of morpholine rings is 1. The largest absolute Gasteiger partial charge is 0.492 e. The van der Waals surface area contributed by atoms with E-state index in [4.69, 9.17) is 14.2 Å². The van der Waals surface area contributed by atoms with Gasteiger partial charge in [0.2, 0.25) is 0 Å². The number of aryl methyl sites for hydroxylation is 2. The van der Waals surface area contributed by atoms with Gasteiger partial charge in [-0.1, -0.05) is 18.2 Å². The summed E-state index contributed by atoms with van der Waals surface area (Å²) < 4.78 is 16.9. The van der Waals surface area contributed by atoms with Gasteiger partial charge in [-0.05, 0) is 60.2 Å². The molecule has 160 valence electrons. The predicted molar refractivity (Wildman–Crippen MR) is 115 cm³/mol. The fourth-order valence-corrected chi connectivity index (χ4v) is 3.90. The molecule has 2 aromatic carbocycles. The summed E-state index contributed by atoms with van der Waals surface area (Å²) in [5.74, 6) is 1.46. The molecule has 2 aromatic rings. The number of nitrogens with one attached hydrogen (secondary N) is 1. The lowest BCUT2D eigenvalue weighted by atomic mass is 10.1. The first-order valence-electron chi connectivity index (χ1n) is 10.8. The van der Waals surface area contributed by atoms with Crippen molar-refractivity contribution in [2.45, 2.75) is 25.8 Å². The maximum absolute atomic E-state index is 12.2. The van der Waals surface area contributed by atoms with E-state index in [1.165, 1.54) is 17.5 Å². The highest BCUT2D eigenvalue weighted by Crippen LogP contribution is 2.25. The molecule has 1 N–H and O–H groups in total. The van der Waals surface area contributed by atoms with Crippen LogP contribution in [0, 0.1) is 0 Å². The number of rotatable bonds is 9. The molecule has 0 atom stereocenters. The van der Waals surface area contributed by atoms with Crippen LogP contribution < -0.4 is 14.8 Å².